The van der Waals surface area contributed by atoms with Gasteiger partial charge in [-0.15, -0.1) is 0 Å². The van der Waals surface area contributed by atoms with Crippen molar-refractivity contribution in [2.45, 2.75) is 6.42 Å². The van der Waals surface area contributed by atoms with E-state index in [0.717, 1.165) is 6.54 Å². The highest BCUT2D eigenvalue weighted by atomic mass is 15.1. The molecule has 0 amide bonds. The quantitative estimate of drug-likeness (QED) is 0.523. The number of hydrogen-bond acceptors (Lipinski definition) is 2. The van der Waals surface area contributed by atoms with Gasteiger partial charge in [-0.05, 0) is 6.42 Å². The molecule has 0 atom stereocenters. The van der Waals surface area contributed by atoms with Crippen molar-refractivity contribution in [2.24, 2.45) is 5.73 Å². The lowest BCUT2D eigenvalue weighted by Crippen LogP contribution is -2.18. The van der Waals surface area contributed by atoms with Gasteiger partial charge in [-0.3, -0.25) is 0 Å². The molecule has 0 saturated carbocycles. The summed E-state index contributed by atoms with van der Waals surface area (Å²) in [5, 5.41) is 0. The molecule has 1 aliphatic heterocycles. The maximum Gasteiger partial charge on any atom is 0.0327 e. The van der Waals surface area contributed by atoms with Gasteiger partial charge in [0, 0.05) is 25.8 Å². The fourth-order valence-electron chi connectivity index (χ4n) is 0.963. The largest absolute Gasteiger partial charge is 0.377 e. The molecule has 0 bridgehead atoms. The minimum atomic E-state index is 0.691. The Bertz CT molecular complexity index is 107. The zero-order valence-corrected chi connectivity index (χ0v) is 5.22. The first-order chi connectivity index (χ1) is 3.84. The highest BCUT2D eigenvalue weighted by molar-refractivity contribution is 5.07. The number of likely N-dealkylation sites (N-methyl/N-ethyl adjacent to an activating group) is 1. The average Bonchev–Trinajstić information content (AvgIpc) is 2.14. The van der Waals surface area contributed by atoms with E-state index in [9.17, 15) is 0 Å². The summed E-state index contributed by atoms with van der Waals surface area (Å²) in [6, 6.07) is 0. The summed E-state index contributed by atoms with van der Waals surface area (Å²) < 4.78 is 0. The minimum Gasteiger partial charge on any atom is -0.377 e. The van der Waals surface area contributed by atoms with Gasteiger partial charge in [0.15, 0.2) is 0 Å². The van der Waals surface area contributed by atoms with Crippen LogP contribution in [0.15, 0.2) is 11.8 Å². The smallest absolute Gasteiger partial charge is 0.0327 e. The predicted octanol–water partition coefficient (Wildman–Crippen LogP) is 0.164. The van der Waals surface area contributed by atoms with E-state index in [0.29, 0.717) is 6.54 Å². The van der Waals surface area contributed by atoms with Gasteiger partial charge in [-0.25, -0.2) is 0 Å². The molecular formula is C6H12N2. The van der Waals surface area contributed by atoms with Gasteiger partial charge >= 0.3 is 0 Å². The molecule has 0 fully saturated rings. The van der Waals surface area contributed by atoms with Gasteiger partial charge in [0.25, 0.3) is 0 Å². The Labute approximate surface area is 50.0 Å². The third kappa shape index (κ3) is 0.842. The molecule has 0 aliphatic carbocycles. The molecule has 0 aromatic carbocycles. The highest BCUT2D eigenvalue weighted by Gasteiger charge is 2.06. The van der Waals surface area contributed by atoms with Crippen LogP contribution in [0.2, 0.25) is 0 Å². The Morgan fingerprint density at radius 3 is 2.88 bits per heavy atom. The third-order valence-corrected chi connectivity index (χ3v) is 1.54. The molecule has 0 radical (unpaired) electrons. The molecule has 0 saturated heterocycles. The van der Waals surface area contributed by atoms with E-state index in [1.165, 1.54) is 12.1 Å². The number of nitrogens with two attached hydrogens (primary N) is 1. The van der Waals surface area contributed by atoms with Gasteiger partial charge in [0.1, 0.15) is 0 Å². The van der Waals surface area contributed by atoms with E-state index in [4.69, 9.17) is 5.73 Å². The van der Waals surface area contributed by atoms with Crippen molar-refractivity contribution in [3.8, 4) is 0 Å². The maximum atomic E-state index is 5.41. The molecule has 0 spiro atoms. The molecule has 46 valence electrons. The first kappa shape index (κ1) is 5.63. The molecule has 0 aromatic rings. The average molecular weight is 112 g/mol. The van der Waals surface area contributed by atoms with E-state index < -0.39 is 0 Å². The van der Waals surface area contributed by atoms with Crippen molar-refractivity contribution < 1.29 is 0 Å². The Morgan fingerprint density at radius 2 is 2.62 bits per heavy atom. The zero-order valence-electron chi connectivity index (χ0n) is 5.22. The normalized spacial score (nSPS) is 19.2. The molecule has 0 unspecified atom stereocenters. The van der Waals surface area contributed by atoms with Gasteiger partial charge < -0.3 is 10.6 Å². The second-order valence-corrected chi connectivity index (χ2v) is 2.11. The lowest BCUT2D eigenvalue weighted by Gasteiger charge is -2.13. The van der Waals surface area contributed by atoms with Gasteiger partial charge in [0.05, 0.1) is 0 Å². The first-order valence-electron chi connectivity index (χ1n) is 2.95. The van der Waals surface area contributed by atoms with Crippen LogP contribution in [-0.2, 0) is 0 Å². The Morgan fingerprint density at radius 1 is 1.88 bits per heavy atom. The van der Waals surface area contributed by atoms with Gasteiger partial charge in [-0.1, -0.05) is 6.08 Å². The Kier molecular flexibility index (Phi) is 1.53. The molecule has 8 heavy (non-hydrogen) atoms. The van der Waals surface area contributed by atoms with Crippen LogP contribution in [0.25, 0.3) is 0 Å². The summed E-state index contributed by atoms with van der Waals surface area (Å²) in [6.45, 7) is 1.84. The molecule has 1 rings (SSSR count). The van der Waals surface area contributed by atoms with Crippen LogP contribution in [-0.4, -0.2) is 25.0 Å². The molecule has 2 N–H and O–H groups in total. The van der Waals surface area contributed by atoms with Crippen LogP contribution < -0.4 is 5.73 Å². The first-order valence-corrected chi connectivity index (χ1v) is 2.95. The van der Waals surface area contributed by atoms with Crippen molar-refractivity contribution in [3.63, 3.8) is 0 Å². The van der Waals surface area contributed by atoms with Gasteiger partial charge in [-0.2, -0.15) is 0 Å². The number of nitrogens with zero attached hydrogens (tertiary/aromatic N) is 1. The summed E-state index contributed by atoms with van der Waals surface area (Å²) in [5.41, 5.74) is 6.70. The van der Waals surface area contributed by atoms with Crippen LogP contribution in [0.5, 0.6) is 0 Å². The highest BCUT2D eigenvalue weighted by Crippen LogP contribution is 2.08. The lowest BCUT2D eigenvalue weighted by molar-refractivity contribution is 0.452. The zero-order chi connectivity index (χ0) is 5.98. The van der Waals surface area contributed by atoms with Crippen molar-refractivity contribution in [2.75, 3.05) is 20.1 Å². The van der Waals surface area contributed by atoms with Crippen molar-refractivity contribution >= 4 is 0 Å². The molecule has 1 aliphatic rings. The topological polar surface area (TPSA) is 29.3 Å². The van der Waals surface area contributed by atoms with Crippen molar-refractivity contribution in [1.82, 2.24) is 4.90 Å². The molecule has 1 heterocycles. The van der Waals surface area contributed by atoms with E-state index in [2.05, 4.69) is 18.0 Å². The minimum absolute atomic E-state index is 0.691. The standard InChI is InChI=1S/C6H12N2/c1-8-4-2-3-6(8)5-7/h3H,2,4-5,7H2,1H3. The summed E-state index contributed by atoms with van der Waals surface area (Å²) in [5.74, 6) is 0. The third-order valence-electron chi connectivity index (χ3n) is 1.54. The maximum absolute atomic E-state index is 5.41. The van der Waals surface area contributed by atoms with Gasteiger partial charge in [0.2, 0.25) is 0 Å². The second-order valence-electron chi connectivity index (χ2n) is 2.11. The summed E-state index contributed by atoms with van der Waals surface area (Å²) in [4.78, 5) is 2.19. The molecule has 0 aromatic heterocycles. The molecular weight excluding hydrogens is 100 g/mol. The predicted molar refractivity (Wildman–Crippen MR) is 34.4 cm³/mol. The molecule has 2 nitrogen and oxygen atoms in total. The number of rotatable bonds is 1. The fraction of sp³-hybridized carbons (Fsp3) is 0.667. The SMILES string of the molecule is CN1CCC=C1CN. The van der Waals surface area contributed by atoms with Crippen LogP contribution >= 0.6 is 0 Å². The molecule has 2 heteroatoms. The van der Waals surface area contributed by atoms with Crippen molar-refractivity contribution in [3.05, 3.63) is 11.8 Å². The van der Waals surface area contributed by atoms with E-state index in [1.54, 1.807) is 0 Å². The van der Waals surface area contributed by atoms with Crippen LogP contribution in [0, 0.1) is 0 Å². The van der Waals surface area contributed by atoms with Crippen LogP contribution in [0.1, 0.15) is 6.42 Å². The fourth-order valence-corrected chi connectivity index (χ4v) is 0.963. The Balaban J connectivity index is 2.49. The summed E-state index contributed by atoms with van der Waals surface area (Å²) >= 11 is 0. The van der Waals surface area contributed by atoms with Crippen LogP contribution in [0.4, 0.5) is 0 Å². The number of hydrogen-bond donors (Lipinski definition) is 1. The van der Waals surface area contributed by atoms with Crippen molar-refractivity contribution in [1.29, 1.82) is 0 Å². The second kappa shape index (κ2) is 2.18. The van der Waals surface area contributed by atoms with E-state index >= 15 is 0 Å². The summed E-state index contributed by atoms with van der Waals surface area (Å²) in [7, 11) is 2.08. The summed E-state index contributed by atoms with van der Waals surface area (Å²) in [6.07, 6.45) is 3.36. The lowest BCUT2D eigenvalue weighted by atomic mass is 10.4. The van der Waals surface area contributed by atoms with E-state index in [-0.39, 0.29) is 0 Å². The monoisotopic (exact) mass is 112 g/mol. The Hall–Kier alpha value is -0.500. The van der Waals surface area contributed by atoms with Crippen LogP contribution in [0.3, 0.4) is 0 Å². The van der Waals surface area contributed by atoms with E-state index in [1.807, 2.05) is 0 Å².